The summed E-state index contributed by atoms with van der Waals surface area (Å²) < 4.78 is 45.1. The Hall–Kier alpha value is -3.61. The molecule has 0 spiro atoms. The summed E-state index contributed by atoms with van der Waals surface area (Å²) in [6.45, 7) is 5.82. The van der Waals surface area contributed by atoms with Gasteiger partial charge in [0.15, 0.2) is 0 Å². The number of halogens is 3. The Morgan fingerprint density at radius 2 is 1.83 bits per heavy atom. The van der Waals surface area contributed by atoms with E-state index in [4.69, 9.17) is 4.74 Å². The highest BCUT2D eigenvalue weighted by atomic mass is 32.2. The molecule has 3 aromatic carbocycles. The summed E-state index contributed by atoms with van der Waals surface area (Å²) in [4.78, 5) is 29.9. The molecule has 0 bridgehead atoms. The van der Waals surface area contributed by atoms with E-state index in [-0.39, 0.29) is 17.9 Å². The second kappa shape index (κ2) is 13.8. The van der Waals surface area contributed by atoms with Crippen molar-refractivity contribution in [2.75, 3.05) is 44.7 Å². The second-order valence-electron chi connectivity index (χ2n) is 9.70. The fraction of sp³-hybridized carbons (Fsp3) is 0.345. The third kappa shape index (κ3) is 8.94. The van der Waals surface area contributed by atoms with Crippen LogP contribution in [0.25, 0.3) is 0 Å². The number of morpholine rings is 1. The van der Waals surface area contributed by atoms with Gasteiger partial charge in [-0.3, -0.25) is 15.0 Å². The van der Waals surface area contributed by atoms with Gasteiger partial charge < -0.3 is 15.0 Å². The molecule has 1 fully saturated rings. The first kappa shape index (κ1) is 30.4. The fourth-order valence-corrected chi connectivity index (χ4v) is 5.30. The van der Waals surface area contributed by atoms with Gasteiger partial charge in [0.05, 0.1) is 23.7 Å². The molecule has 1 heterocycles. The number of rotatable bonds is 10. The van der Waals surface area contributed by atoms with Crippen molar-refractivity contribution < 1.29 is 27.6 Å². The molecule has 0 unspecified atom stereocenters. The number of ether oxygens (including phenoxy) is 1. The van der Waals surface area contributed by atoms with Gasteiger partial charge in [0.2, 0.25) is 0 Å². The summed E-state index contributed by atoms with van der Waals surface area (Å²) in [5.74, 6) is 0. The Labute approximate surface area is 240 Å². The van der Waals surface area contributed by atoms with E-state index in [0.717, 1.165) is 40.6 Å². The van der Waals surface area contributed by atoms with Crippen LogP contribution in [0.5, 0.6) is 0 Å². The number of hydrogen-bond acceptors (Lipinski definition) is 6. The van der Waals surface area contributed by atoms with Crippen LogP contribution in [0.3, 0.4) is 0 Å². The molecular formula is C29H31F3N4O4S. The van der Waals surface area contributed by atoms with Gasteiger partial charge in [-0.25, -0.2) is 4.79 Å². The highest BCUT2D eigenvalue weighted by molar-refractivity contribution is 7.99. The number of non-ortho nitro benzene ring substituents is 1. The lowest BCUT2D eigenvalue weighted by Crippen LogP contribution is -2.40. The fourth-order valence-electron chi connectivity index (χ4n) is 4.38. The molecule has 0 atom stereocenters. The molecule has 0 aromatic heterocycles. The minimum Gasteiger partial charge on any atom is -0.379 e. The van der Waals surface area contributed by atoms with Crippen LogP contribution in [0.4, 0.5) is 29.3 Å². The van der Waals surface area contributed by atoms with Crippen LogP contribution in [0.15, 0.2) is 76.5 Å². The van der Waals surface area contributed by atoms with Gasteiger partial charge in [-0.2, -0.15) is 13.2 Å². The maximum absolute atomic E-state index is 13.4. The SMILES string of the molecule is Cc1ccc(Sc2ccc([N+](=O)[O-])cc2CN(CCCN2CCOCC2)C(=O)Nc2cccc(C(F)(F)F)c2)cc1. The zero-order chi connectivity index (χ0) is 29.4. The zero-order valence-corrected chi connectivity index (χ0v) is 23.3. The monoisotopic (exact) mass is 588 g/mol. The molecule has 4 rings (SSSR count). The Morgan fingerprint density at radius 1 is 1.10 bits per heavy atom. The van der Waals surface area contributed by atoms with Gasteiger partial charge in [-0.15, -0.1) is 0 Å². The molecule has 1 saturated heterocycles. The summed E-state index contributed by atoms with van der Waals surface area (Å²) in [5, 5.41) is 14.2. The number of nitrogens with one attached hydrogen (secondary N) is 1. The maximum Gasteiger partial charge on any atom is 0.416 e. The van der Waals surface area contributed by atoms with Gasteiger partial charge in [-0.05, 0) is 55.3 Å². The number of benzene rings is 3. The van der Waals surface area contributed by atoms with Crippen LogP contribution in [-0.2, 0) is 17.5 Å². The summed E-state index contributed by atoms with van der Waals surface area (Å²) >= 11 is 1.42. The second-order valence-corrected chi connectivity index (χ2v) is 10.8. The minimum absolute atomic E-state index is 0.0105. The summed E-state index contributed by atoms with van der Waals surface area (Å²) in [7, 11) is 0. The lowest BCUT2D eigenvalue weighted by molar-refractivity contribution is -0.385. The van der Waals surface area contributed by atoms with Crippen molar-refractivity contribution in [2.45, 2.75) is 35.9 Å². The third-order valence-electron chi connectivity index (χ3n) is 6.60. The van der Waals surface area contributed by atoms with E-state index in [1.807, 2.05) is 31.2 Å². The molecule has 2 amide bonds. The molecule has 3 aromatic rings. The largest absolute Gasteiger partial charge is 0.416 e. The maximum atomic E-state index is 13.4. The van der Waals surface area contributed by atoms with Crippen LogP contribution < -0.4 is 5.32 Å². The Morgan fingerprint density at radius 3 is 2.51 bits per heavy atom. The number of amides is 2. The first-order valence-electron chi connectivity index (χ1n) is 13.1. The van der Waals surface area contributed by atoms with Crippen LogP contribution in [0, 0.1) is 17.0 Å². The number of nitrogens with zero attached hydrogens (tertiary/aromatic N) is 3. The number of urea groups is 1. The highest BCUT2D eigenvalue weighted by Crippen LogP contribution is 2.34. The predicted molar refractivity (Wildman–Crippen MR) is 151 cm³/mol. The summed E-state index contributed by atoms with van der Waals surface area (Å²) in [6.07, 6.45) is -3.95. The van der Waals surface area contributed by atoms with E-state index in [2.05, 4.69) is 10.2 Å². The van der Waals surface area contributed by atoms with E-state index in [0.29, 0.717) is 38.3 Å². The molecule has 12 heteroatoms. The van der Waals surface area contributed by atoms with Gasteiger partial charge in [0.1, 0.15) is 0 Å². The van der Waals surface area contributed by atoms with E-state index < -0.39 is 22.7 Å². The average Bonchev–Trinajstić information content (AvgIpc) is 2.94. The van der Waals surface area contributed by atoms with Crippen molar-refractivity contribution in [1.82, 2.24) is 9.80 Å². The Kier molecular flexibility index (Phi) is 10.2. The van der Waals surface area contributed by atoms with E-state index in [1.165, 1.54) is 40.9 Å². The third-order valence-corrected chi connectivity index (χ3v) is 7.73. The number of nitro groups is 1. The van der Waals surface area contributed by atoms with Crippen molar-refractivity contribution in [2.24, 2.45) is 0 Å². The molecule has 1 aliphatic heterocycles. The molecule has 218 valence electrons. The van der Waals surface area contributed by atoms with E-state index in [1.54, 1.807) is 6.07 Å². The van der Waals surface area contributed by atoms with Crippen molar-refractivity contribution in [3.05, 3.63) is 93.5 Å². The minimum atomic E-state index is -4.55. The number of nitro benzene ring substituents is 1. The Bertz CT molecular complexity index is 1350. The molecule has 8 nitrogen and oxygen atoms in total. The van der Waals surface area contributed by atoms with E-state index in [9.17, 15) is 28.1 Å². The first-order chi connectivity index (χ1) is 19.6. The van der Waals surface area contributed by atoms with Crippen LogP contribution >= 0.6 is 11.8 Å². The topological polar surface area (TPSA) is 88.0 Å². The molecule has 1 aliphatic rings. The highest BCUT2D eigenvalue weighted by Gasteiger charge is 2.30. The molecule has 0 radical (unpaired) electrons. The standard InChI is InChI=1S/C29H31F3N4O4S/c1-21-6-9-26(10-7-21)41-27-11-8-25(36(38)39)18-22(27)20-35(13-3-12-34-14-16-40-17-15-34)28(37)33-24-5-2-4-23(19-24)29(30,31)32/h2,4-11,18-19H,3,12-17,20H2,1H3,(H,33,37). The number of carbonyl (C=O) groups is 1. The first-order valence-corrected chi connectivity index (χ1v) is 14.0. The van der Waals surface area contributed by atoms with Gasteiger partial charge >= 0.3 is 12.2 Å². The van der Waals surface area contributed by atoms with Gasteiger partial charge in [-0.1, -0.05) is 35.5 Å². The lowest BCUT2D eigenvalue weighted by Gasteiger charge is -2.29. The molecule has 41 heavy (non-hydrogen) atoms. The molecular weight excluding hydrogens is 557 g/mol. The number of aryl methyl sites for hydroxylation is 1. The van der Waals surface area contributed by atoms with Gasteiger partial charge in [0, 0.05) is 60.3 Å². The lowest BCUT2D eigenvalue weighted by atomic mass is 10.1. The van der Waals surface area contributed by atoms with Crippen molar-refractivity contribution in [3.8, 4) is 0 Å². The number of carbonyl (C=O) groups excluding carboxylic acids is 1. The van der Waals surface area contributed by atoms with Crippen LogP contribution in [-0.4, -0.2) is 60.1 Å². The number of alkyl halides is 3. The van der Waals surface area contributed by atoms with Gasteiger partial charge in [0.25, 0.3) is 5.69 Å². The van der Waals surface area contributed by atoms with Crippen molar-refractivity contribution in [3.63, 3.8) is 0 Å². The molecule has 0 aliphatic carbocycles. The predicted octanol–water partition coefficient (Wildman–Crippen LogP) is 6.83. The molecule has 0 saturated carbocycles. The zero-order valence-electron chi connectivity index (χ0n) is 22.5. The quantitative estimate of drug-likeness (QED) is 0.206. The Balaban J connectivity index is 1.58. The summed E-state index contributed by atoms with van der Waals surface area (Å²) in [6, 6.07) is 16.2. The normalized spacial score (nSPS) is 14.0. The van der Waals surface area contributed by atoms with Crippen LogP contribution in [0.2, 0.25) is 0 Å². The number of hydrogen-bond donors (Lipinski definition) is 1. The van der Waals surface area contributed by atoms with Crippen molar-refractivity contribution >= 4 is 29.2 Å². The van der Waals surface area contributed by atoms with Crippen LogP contribution in [0.1, 0.15) is 23.1 Å². The number of anilines is 1. The van der Waals surface area contributed by atoms with Crippen molar-refractivity contribution in [1.29, 1.82) is 0 Å². The average molecular weight is 589 g/mol. The molecule has 1 N–H and O–H groups in total. The summed E-state index contributed by atoms with van der Waals surface area (Å²) in [5.41, 5.74) is 0.687. The smallest absolute Gasteiger partial charge is 0.379 e. The van der Waals surface area contributed by atoms with E-state index >= 15 is 0 Å².